The molecule has 9 heteroatoms. The number of nitrogens with zero attached hydrogens (tertiary/aromatic N) is 2. The molecule has 1 N–H and O–H groups in total. The highest BCUT2D eigenvalue weighted by molar-refractivity contribution is 5.94. The largest absolute Gasteiger partial charge is 0.490 e. The number of piperidine rings is 2. The summed E-state index contributed by atoms with van der Waals surface area (Å²) in [7, 11) is 0. The van der Waals surface area contributed by atoms with Crippen LogP contribution in [0.2, 0.25) is 0 Å². The van der Waals surface area contributed by atoms with Crippen LogP contribution in [0.15, 0.2) is 24.3 Å². The lowest BCUT2D eigenvalue weighted by Crippen LogP contribution is -2.44. The van der Waals surface area contributed by atoms with E-state index in [2.05, 4.69) is 18.7 Å². The van der Waals surface area contributed by atoms with Gasteiger partial charge in [-0.15, -0.1) is 0 Å². The first-order valence-electron chi connectivity index (χ1n) is 12.0. The molecule has 3 heterocycles. The maximum Gasteiger partial charge on any atom is 0.490 e. The third-order valence-electron chi connectivity index (χ3n) is 7.14. The van der Waals surface area contributed by atoms with E-state index in [4.69, 9.17) is 14.6 Å². The van der Waals surface area contributed by atoms with Crippen LogP contribution in [-0.2, 0) is 9.53 Å². The van der Waals surface area contributed by atoms with E-state index in [9.17, 15) is 18.0 Å². The minimum absolute atomic E-state index is 0.183. The monoisotopic (exact) mass is 484 g/mol. The minimum atomic E-state index is -5.08. The molecule has 190 valence electrons. The number of likely N-dealkylation sites (tertiary alicyclic amines) is 2. The molecular weight excluding hydrogens is 449 g/mol. The highest BCUT2D eigenvalue weighted by Gasteiger charge is 2.43. The Morgan fingerprint density at radius 1 is 1.15 bits per heavy atom. The average molecular weight is 485 g/mol. The third kappa shape index (κ3) is 7.18. The third-order valence-corrected chi connectivity index (χ3v) is 7.14. The van der Waals surface area contributed by atoms with Crippen LogP contribution in [0.3, 0.4) is 0 Å². The minimum Gasteiger partial charge on any atom is -0.475 e. The SMILES string of the molecule is Cc1ccc(C(=O)N2CCC3(CC2)COC(CN2CCCC(C)C2)C3)cc1.O=C(O)C(F)(F)F. The van der Waals surface area contributed by atoms with Crippen molar-refractivity contribution in [3.63, 3.8) is 0 Å². The van der Waals surface area contributed by atoms with Crippen molar-refractivity contribution < 1.29 is 32.6 Å². The Bertz CT molecular complexity index is 836. The van der Waals surface area contributed by atoms with E-state index in [-0.39, 0.29) is 5.91 Å². The summed E-state index contributed by atoms with van der Waals surface area (Å²) >= 11 is 0. The first kappa shape index (κ1) is 26.5. The predicted molar refractivity (Wildman–Crippen MR) is 122 cm³/mol. The molecule has 2 unspecified atom stereocenters. The lowest BCUT2D eigenvalue weighted by atomic mass is 9.76. The zero-order valence-corrected chi connectivity index (χ0v) is 19.9. The summed E-state index contributed by atoms with van der Waals surface area (Å²) in [5, 5.41) is 7.12. The van der Waals surface area contributed by atoms with Crippen molar-refractivity contribution in [2.75, 3.05) is 39.3 Å². The fourth-order valence-corrected chi connectivity index (χ4v) is 5.16. The lowest BCUT2D eigenvalue weighted by molar-refractivity contribution is -0.192. The molecule has 4 rings (SSSR count). The van der Waals surface area contributed by atoms with E-state index in [1.165, 1.54) is 37.9 Å². The Kier molecular flexibility index (Phi) is 8.62. The fourth-order valence-electron chi connectivity index (χ4n) is 5.16. The van der Waals surface area contributed by atoms with E-state index in [0.29, 0.717) is 11.5 Å². The van der Waals surface area contributed by atoms with Crippen LogP contribution in [0.25, 0.3) is 0 Å². The topological polar surface area (TPSA) is 70.1 Å². The summed E-state index contributed by atoms with van der Waals surface area (Å²) < 4.78 is 38.0. The van der Waals surface area contributed by atoms with E-state index in [0.717, 1.165) is 50.6 Å². The van der Waals surface area contributed by atoms with Gasteiger partial charge in [0.25, 0.3) is 5.91 Å². The van der Waals surface area contributed by atoms with E-state index in [1.54, 1.807) is 0 Å². The van der Waals surface area contributed by atoms with Gasteiger partial charge in [0.2, 0.25) is 0 Å². The molecule has 2 atom stereocenters. The van der Waals surface area contributed by atoms with Crippen molar-refractivity contribution in [2.24, 2.45) is 11.3 Å². The summed E-state index contributed by atoms with van der Waals surface area (Å²) in [4.78, 5) is 26.3. The molecule has 0 radical (unpaired) electrons. The van der Waals surface area contributed by atoms with Crippen molar-refractivity contribution in [1.29, 1.82) is 0 Å². The number of alkyl halides is 3. The van der Waals surface area contributed by atoms with Gasteiger partial charge in [-0.3, -0.25) is 4.79 Å². The average Bonchev–Trinajstić information content (AvgIpc) is 3.16. The molecule has 3 aliphatic rings. The number of carbonyl (C=O) groups is 2. The molecule has 1 amide bonds. The highest BCUT2D eigenvalue weighted by Crippen LogP contribution is 2.42. The first-order chi connectivity index (χ1) is 16.0. The van der Waals surface area contributed by atoms with Crippen LogP contribution in [-0.4, -0.2) is 78.4 Å². The number of carbonyl (C=O) groups excluding carboxylic acids is 1. The number of halogens is 3. The van der Waals surface area contributed by atoms with Crippen molar-refractivity contribution in [3.05, 3.63) is 35.4 Å². The second-order valence-electron chi connectivity index (χ2n) is 10.1. The number of ether oxygens (including phenoxy) is 1. The van der Waals surface area contributed by atoms with Gasteiger partial charge < -0.3 is 19.6 Å². The van der Waals surface area contributed by atoms with Crippen molar-refractivity contribution in [3.8, 4) is 0 Å². The van der Waals surface area contributed by atoms with Gasteiger partial charge in [-0.25, -0.2) is 4.79 Å². The molecular formula is C25H35F3N2O4. The van der Waals surface area contributed by atoms with Gasteiger partial charge in [0.1, 0.15) is 0 Å². The predicted octanol–water partition coefficient (Wildman–Crippen LogP) is 4.37. The van der Waals surface area contributed by atoms with Crippen molar-refractivity contribution >= 4 is 11.9 Å². The van der Waals surface area contributed by atoms with Crippen LogP contribution >= 0.6 is 0 Å². The molecule has 1 spiro atoms. The molecule has 0 saturated carbocycles. The zero-order chi connectivity index (χ0) is 24.9. The Morgan fingerprint density at radius 2 is 1.76 bits per heavy atom. The molecule has 3 fully saturated rings. The standard InChI is InChI=1S/C23H34N2O2.C2HF3O2/c1-18-5-7-20(8-6-18)22(26)25-12-9-23(10-13-25)14-21(27-17-23)16-24-11-3-4-19(2)15-24;3-2(4,5)1(6)7/h5-8,19,21H,3-4,9-17H2,1-2H3;(H,6,7). The molecule has 0 aromatic heterocycles. The number of benzene rings is 1. The van der Waals surface area contributed by atoms with Crippen molar-refractivity contribution in [1.82, 2.24) is 9.80 Å². The van der Waals surface area contributed by atoms with Crippen LogP contribution in [0.1, 0.15) is 54.9 Å². The van der Waals surface area contributed by atoms with E-state index in [1.807, 2.05) is 29.2 Å². The number of hydrogen-bond donors (Lipinski definition) is 1. The molecule has 6 nitrogen and oxygen atoms in total. The van der Waals surface area contributed by atoms with E-state index >= 15 is 0 Å². The van der Waals surface area contributed by atoms with Gasteiger partial charge >= 0.3 is 12.1 Å². The number of carboxylic acids is 1. The van der Waals surface area contributed by atoms with Crippen LogP contribution < -0.4 is 0 Å². The zero-order valence-electron chi connectivity index (χ0n) is 19.9. The van der Waals surface area contributed by atoms with Crippen LogP contribution in [0, 0.1) is 18.3 Å². The lowest BCUT2D eigenvalue weighted by Gasteiger charge is -2.38. The number of amides is 1. The first-order valence-corrected chi connectivity index (χ1v) is 12.0. The van der Waals surface area contributed by atoms with Gasteiger partial charge in [-0.2, -0.15) is 13.2 Å². The Balaban J connectivity index is 0.000000406. The van der Waals surface area contributed by atoms with Crippen LogP contribution in [0.4, 0.5) is 13.2 Å². The number of rotatable bonds is 3. The van der Waals surface area contributed by atoms with Crippen molar-refractivity contribution in [2.45, 2.75) is 58.2 Å². The normalized spacial score (nSPS) is 25.0. The highest BCUT2D eigenvalue weighted by atomic mass is 19.4. The quantitative estimate of drug-likeness (QED) is 0.690. The number of aryl methyl sites for hydroxylation is 1. The van der Waals surface area contributed by atoms with Crippen LogP contribution in [0.5, 0.6) is 0 Å². The summed E-state index contributed by atoms with van der Waals surface area (Å²) in [6.07, 6.45) is 1.33. The summed E-state index contributed by atoms with van der Waals surface area (Å²) in [6.45, 7) is 10.6. The number of hydrogen-bond acceptors (Lipinski definition) is 4. The Hall–Kier alpha value is -2.13. The molecule has 1 aromatic carbocycles. The summed E-state index contributed by atoms with van der Waals surface area (Å²) in [5.41, 5.74) is 2.31. The Morgan fingerprint density at radius 3 is 2.32 bits per heavy atom. The molecule has 0 aliphatic carbocycles. The van der Waals surface area contributed by atoms with Gasteiger partial charge in [0.05, 0.1) is 12.7 Å². The maximum absolute atomic E-state index is 12.8. The molecule has 34 heavy (non-hydrogen) atoms. The van der Waals surface area contributed by atoms with Gasteiger partial charge in [-0.1, -0.05) is 24.6 Å². The number of carboxylic acid groups (broad SMARTS) is 1. The van der Waals surface area contributed by atoms with Gasteiger partial charge in [-0.05, 0) is 69.0 Å². The molecule has 3 aliphatic heterocycles. The smallest absolute Gasteiger partial charge is 0.475 e. The number of aliphatic carboxylic acids is 1. The Labute approximate surface area is 199 Å². The summed E-state index contributed by atoms with van der Waals surface area (Å²) in [5.74, 6) is -1.75. The van der Waals surface area contributed by atoms with Gasteiger partial charge in [0.15, 0.2) is 0 Å². The summed E-state index contributed by atoms with van der Waals surface area (Å²) in [6, 6.07) is 7.96. The van der Waals surface area contributed by atoms with E-state index < -0.39 is 12.1 Å². The van der Waals surface area contributed by atoms with Gasteiger partial charge in [0, 0.05) is 31.7 Å². The molecule has 0 bridgehead atoms. The molecule has 1 aromatic rings. The maximum atomic E-state index is 12.8. The molecule has 3 saturated heterocycles. The second-order valence-corrected chi connectivity index (χ2v) is 10.1. The second kappa shape index (κ2) is 11.1. The fraction of sp³-hybridized carbons (Fsp3) is 0.680.